The number of aromatic nitrogens is 2. The van der Waals surface area contributed by atoms with Gasteiger partial charge in [0.1, 0.15) is 22.0 Å². The Kier molecular flexibility index (Phi) is 4.16. The van der Waals surface area contributed by atoms with Gasteiger partial charge in [-0.05, 0) is 25.7 Å². The molecule has 0 amide bonds. The molecular weight excluding hydrogens is 250 g/mol. The summed E-state index contributed by atoms with van der Waals surface area (Å²) >= 11 is 0. The Bertz CT molecular complexity index is 514. The molecule has 2 rings (SSSR count). The van der Waals surface area contributed by atoms with Crippen LogP contribution in [0.25, 0.3) is 0 Å². The molecule has 0 bridgehead atoms. The third-order valence-electron chi connectivity index (χ3n) is 3.14. The number of aryl methyl sites for hydroxylation is 1. The maximum absolute atomic E-state index is 11.1. The minimum absolute atomic E-state index is 0.131. The largest absolute Gasteiger partial charge is 0.369 e. The van der Waals surface area contributed by atoms with Gasteiger partial charge >= 0.3 is 0 Å². The highest BCUT2D eigenvalue weighted by Gasteiger charge is 2.14. The van der Waals surface area contributed by atoms with E-state index in [0.717, 1.165) is 30.8 Å². The fraction of sp³-hybridized carbons (Fsp3) is 0.667. The van der Waals surface area contributed by atoms with Crippen LogP contribution in [0.4, 0.5) is 5.82 Å². The lowest BCUT2D eigenvalue weighted by atomic mass is 10.1. The summed E-state index contributed by atoms with van der Waals surface area (Å²) < 4.78 is 22.2. The van der Waals surface area contributed by atoms with Crippen LogP contribution < -0.4 is 5.32 Å². The number of rotatable bonds is 4. The molecular formula is C12H19N3O2S. The Morgan fingerprint density at radius 1 is 1.22 bits per heavy atom. The molecule has 0 saturated heterocycles. The van der Waals surface area contributed by atoms with Gasteiger partial charge in [-0.1, -0.05) is 6.42 Å². The van der Waals surface area contributed by atoms with Crippen LogP contribution >= 0.6 is 0 Å². The van der Waals surface area contributed by atoms with Crippen LogP contribution in [0.2, 0.25) is 0 Å². The molecule has 0 fully saturated rings. The molecule has 1 aliphatic carbocycles. The summed E-state index contributed by atoms with van der Waals surface area (Å²) in [6.45, 7) is 0.405. The van der Waals surface area contributed by atoms with Crippen LogP contribution in [0.15, 0.2) is 6.33 Å². The van der Waals surface area contributed by atoms with Gasteiger partial charge in [0.25, 0.3) is 0 Å². The summed E-state index contributed by atoms with van der Waals surface area (Å²) in [4.78, 5) is 8.56. The Balaban J connectivity index is 2.08. The second kappa shape index (κ2) is 5.65. The molecule has 0 unspecified atom stereocenters. The van der Waals surface area contributed by atoms with Crippen molar-refractivity contribution in [3.8, 4) is 0 Å². The first-order valence-electron chi connectivity index (χ1n) is 6.30. The maximum atomic E-state index is 11.1. The van der Waals surface area contributed by atoms with Crippen molar-refractivity contribution in [3.63, 3.8) is 0 Å². The molecule has 1 N–H and O–H groups in total. The predicted octanol–water partition coefficient (Wildman–Crippen LogP) is 1.20. The molecule has 1 heterocycles. The van der Waals surface area contributed by atoms with Gasteiger partial charge in [-0.3, -0.25) is 0 Å². The van der Waals surface area contributed by atoms with Gasteiger partial charge in [0.05, 0.1) is 5.75 Å². The molecule has 100 valence electrons. The highest BCUT2D eigenvalue weighted by atomic mass is 32.2. The number of fused-ring (bicyclic) bond motifs is 1. The van der Waals surface area contributed by atoms with Gasteiger partial charge in [-0.2, -0.15) is 0 Å². The molecule has 5 nitrogen and oxygen atoms in total. The van der Waals surface area contributed by atoms with Crippen LogP contribution in [-0.4, -0.2) is 36.9 Å². The van der Waals surface area contributed by atoms with Crippen molar-refractivity contribution in [3.05, 3.63) is 17.6 Å². The first-order valence-corrected chi connectivity index (χ1v) is 8.37. The fourth-order valence-corrected chi connectivity index (χ4v) is 2.68. The molecule has 0 aliphatic heterocycles. The Morgan fingerprint density at radius 2 is 2.00 bits per heavy atom. The van der Waals surface area contributed by atoms with E-state index in [1.165, 1.54) is 24.7 Å². The van der Waals surface area contributed by atoms with Crippen molar-refractivity contribution in [2.45, 2.75) is 32.1 Å². The first-order chi connectivity index (χ1) is 8.56. The summed E-state index contributed by atoms with van der Waals surface area (Å²) in [5.74, 6) is 0.941. The Hall–Kier alpha value is -1.17. The third-order valence-corrected chi connectivity index (χ3v) is 4.09. The van der Waals surface area contributed by atoms with Gasteiger partial charge in [0.2, 0.25) is 0 Å². The monoisotopic (exact) mass is 269 g/mol. The van der Waals surface area contributed by atoms with E-state index in [-0.39, 0.29) is 5.75 Å². The van der Waals surface area contributed by atoms with Gasteiger partial charge in [0.15, 0.2) is 0 Å². The average molecular weight is 269 g/mol. The number of sulfone groups is 1. The van der Waals surface area contributed by atoms with Gasteiger partial charge < -0.3 is 5.32 Å². The van der Waals surface area contributed by atoms with Crippen LogP contribution in [0.1, 0.15) is 30.5 Å². The van der Waals surface area contributed by atoms with Crippen molar-refractivity contribution < 1.29 is 8.42 Å². The van der Waals surface area contributed by atoms with E-state index >= 15 is 0 Å². The summed E-state index contributed by atoms with van der Waals surface area (Å²) in [5, 5.41) is 3.13. The molecule has 6 heteroatoms. The summed E-state index contributed by atoms with van der Waals surface area (Å²) in [7, 11) is -2.93. The molecule has 0 radical (unpaired) electrons. The molecule has 0 atom stereocenters. The number of hydrogen-bond acceptors (Lipinski definition) is 5. The van der Waals surface area contributed by atoms with E-state index in [2.05, 4.69) is 15.3 Å². The van der Waals surface area contributed by atoms with Gasteiger partial charge in [-0.25, -0.2) is 18.4 Å². The fourth-order valence-electron chi connectivity index (χ4n) is 2.21. The zero-order valence-electron chi connectivity index (χ0n) is 10.6. The lowest BCUT2D eigenvalue weighted by Gasteiger charge is -2.11. The smallest absolute Gasteiger partial charge is 0.149 e. The van der Waals surface area contributed by atoms with E-state index < -0.39 is 9.84 Å². The Morgan fingerprint density at radius 3 is 2.78 bits per heavy atom. The molecule has 18 heavy (non-hydrogen) atoms. The van der Waals surface area contributed by atoms with Gasteiger partial charge in [-0.15, -0.1) is 0 Å². The predicted molar refractivity (Wildman–Crippen MR) is 71.5 cm³/mol. The molecule has 1 aromatic rings. The average Bonchev–Trinajstić information content (AvgIpc) is 2.53. The summed E-state index contributed by atoms with van der Waals surface area (Å²) in [5.41, 5.74) is 2.29. The van der Waals surface area contributed by atoms with Crippen LogP contribution in [0.3, 0.4) is 0 Å². The van der Waals surface area contributed by atoms with E-state index in [1.807, 2.05) is 0 Å². The van der Waals surface area contributed by atoms with E-state index in [0.29, 0.717) is 6.54 Å². The van der Waals surface area contributed by atoms with Crippen molar-refractivity contribution >= 4 is 15.7 Å². The maximum Gasteiger partial charge on any atom is 0.149 e. The number of nitrogens with zero attached hydrogens (tertiary/aromatic N) is 2. The summed E-state index contributed by atoms with van der Waals surface area (Å²) in [6.07, 6.45) is 8.34. The molecule has 1 aliphatic rings. The van der Waals surface area contributed by atoms with Crippen LogP contribution in [0, 0.1) is 0 Å². The van der Waals surface area contributed by atoms with Crippen LogP contribution in [0.5, 0.6) is 0 Å². The summed E-state index contributed by atoms with van der Waals surface area (Å²) in [6, 6.07) is 0. The quantitative estimate of drug-likeness (QED) is 0.832. The highest BCUT2D eigenvalue weighted by molar-refractivity contribution is 7.90. The standard InChI is InChI=1S/C12H19N3O2S/c1-18(16,17)8-7-13-12-10-5-3-2-4-6-11(10)14-9-15-12/h9H,2-8H2,1H3,(H,13,14,15). The van der Waals surface area contributed by atoms with Gasteiger partial charge in [0, 0.05) is 24.1 Å². The molecule has 0 spiro atoms. The topological polar surface area (TPSA) is 72.0 Å². The zero-order valence-corrected chi connectivity index (χ0v) is 11.5. The SMILES string of the molecule is CS(=O)(=O)CCNc1ncnc2c1CCCCC2. The number of nitrogens with one attached hydrogen (secondary N) is 1. The van der Waals surface area contributed by atoms with Crippen molar-refractivity contribution in [2.24, 2.45) is 0 Å². The third kappa shape index (κ3) is 3.66. The molecule has 0 aromatic carbocycles. The first kappa shape index (κ1) is 13.3. The number of hydrogen-bond donors (Lipinski definition) is 1. The molecule has 1 aromatic heterocycles. The number of anilines is 1. The van der Waals surface area contributed by atoms with Crippen molar-refractivity contribution in [1.82, 2.24) is 9.97 Å². The second-order valence-electron chi connectivity index (χ2n) is 4.76. The second-order valence-corrected chi connectivity index (χ2v) is 7.02. The van der Waals surface area contributed by atoms with E-state index in [4.69, 9.17) is 0 Å². The van der Waals surface area contributed by atoms with Crippen molar-refractivity contribution in [2.75, 3.05) is 23.9 Å². The lowest BCUT2D eigenvalue weighted by Crippen LogP contribution is -2.16. The van der Waals surface area contributed by atoms with Crippen LogP contribution in [-0.2, 0) is 22.7 Å². The van der Waals surface area contributed by atoms with E-state index in [1.54, 1.807) is 6.33 Å². The molecule has 0 saturated carbocycles. The normalized spacial score (nSPS) is 15.8. The Labute approximate surface area is 108 Å². The highest BCUT2D eigenvalue weighted by Crippen LogP contribution is 2.23. The van der Waals surface area contributed by atoms with E-state index in [9.17, 15) is 8.42 Å². The minimum atomic E-state index is -2.93. The lowest BCUT2D eigenvalue weighted by molar-refractivity contribution is 0.602. The van der Waals surface area contributed by atoms with Crippen molar-refractivity contribution in [1.29, 1.82) is 0 Å². The zero-order chi connectivity index (χ0) is 13.0. The minimum Gasteiger partial charge on any atom is -0.369 e.